The van der Waals surface area contributed by atoms with Crippen molar-refractivity contribution in [3.63, 3.8) is 0 Å². The molecule has 98 valence electrons. The second kappa shape index (κ2) is 5.22. The first-order chi connectivity index (χ1) is 8.52. The molecule has 18 heavy (non-hydrogen) atoms. The summed E-state index contributed by atoms with van der Waals surface area (Å²) in [7, 11) is 0. The highest BCUT2D eigenvalue weighted by Gasteiger charge is 2.31. The molecule has 3 nitrogen and oxygen atoms in total. The number of hydrogen-bond acceptors (Lipinski definition) is 3. The predicted molar refractivity (Wildman–Crippen MR) is 66.6 cm³/mol. The molecule has 1 amide bonds. The molecule has 0 aromatic carbocycles. The average Bonchev–Trinajstić information content (AvgIpc) is 2.35. The molecule has 0 N–H and O–H groups in total. The third-order valence-electron chi connectivity index (χ3n) is 3.22. The molecule has 1 aliphatic heterocycles. The number of pyridine rings is 1. The van der Waals surface area contributed by atoms with E-state index in [-0.39, 0.29) is 16.9 Å². The van der Waals surface area contributed by atoms with Gasteiger partial charge in [0.25, 0.3) is 5.91 Å². The van der Waals surface area contributed by atoms with Gasteiger partial charge in [-0.2, -0.15) is 16.2 Å². The Morgan fingerprint density at radius 1 is 1.50 bits per heavy atom. The van der Waals surface area contributed by atoms with Gasteiger partial charge in [-0.25, -0.2) is 9.37 Å². The van der Waals surface area contributed by atoms with Crippen molar-refractivity contribution in [3.8, 4) is 0 Å². The van der Waals surface area contributed by atoms with Gasteiger partial charge in [0.15, 0.2) is 5.82 Å². The number of aromatic nitrogens is 1. The number of carbonyl (C=O) groups excluding carboxylic acids is 1. The Morgan fingerprint density at radius 2 is 2.22 bits per heavy atom. The fourth-order valence-corrected chi connectivity index (χ4v) is 3.06. The minimum absolute atomic E-state index is 0.00637. The molecule has 0 spiro atoms. The van der Waals surface area contributed by atoms with Crippen molar-refractivity contribution >= 4 is 17.7 Å². The van der Waals surface area contributed by atoms with Gasteiger partial charge >= 0.3 is 0 Å². The minimum Gasteiger partial charge on any atom is -0.334 e. The van der Waals surface area contributed by atoms with Crippen LogP contribution in [0.3, 0.4) is 0 Å². The highest BCUT2D eigenvalue weighted by Crippen LogP contribution is 2.26. The van der Waals surface area contributed by atoms with Crippen LogP contribution in [0.25, 0.3) is 0 Å². The Balaban J connectivity index is 2.28. The molecular formula is C12H14F2N2OS. The van der Waals surface area contributed by atoms with Gasteiger partial charge in [0.2, 0.25) is 5.95 Å². The van der Waals surface area contributed by atoms with Gasteiger partial charge in [-0.3, -0.25) is 4.79 Å². The number of amides is 1. The van der Waals surface area contributed by atoms with Crippen molar-refractivity contribution in [1.82, 2.24) is 9.88 Å². The van der Waals surface area contributed by atoms with E-state index in [0.29, 0.717) is 6.54 Å². The van der Waals surface area contributed by atoms with Gasteiger partial charge < -0.3 is 4.90 Å². The summed E-state index contributed by atoms with van der Waals surface area (Å²) in [5.41, 5.74) is -0.242. The third kappa shape index (κ3) is 2.34. The van der Waals surface area contributed by atoms with E-state index < -0.39 is 17.7 Å². The largest absolute Gasteiger partial charge is 0.334 e. The van der Waals surface area contributed by atoms with E-state index in [2.05, 4.69) is 4.98 Å². The van der Waals surface area contributed by atoms with Crippen molar-refractivity contribution in [2.75, 3.05) is 12.3 Å². The highest BCUT2D eigenvalue weighted by molar-refractivity contribution is 8.00. The van der Waals surface area contributed by atoms with E-state index in [1.165, 1.54) is 6.07 Å². The third-order valence-corrected chi connectivity index (χ3v) is 4.56. The van der Waals surface area contributed by atoms with E-state index in [1.54, 1.807) is 16.7 Å². The van der Waals surface area contributed by atoms with Crippen LogP contribution in [0.4, 0.5) is 8.78 Å². The van der Waals surface area contributed by atoms with Crippen LogP contribution >= 0.6 is 11.8 Å². The van der Waals surface area contributed by atoms with E-state index in [1.807, 2.05) is 13.8 Å². The lowest BCUT2D eigenvalue weighted by molar-refractivity contribution is 0.0692. The van der Waals surface area contributed by atoms with E-state index in [9.17, 15) is 13.6 Å². The standard InChI is InChI=1S/C12H14F2N2OS/c1-7-8(2)18-6-5-16(7)12(17)9-3-4-15-11(14)10(9)13/h3-4,7-8H,5-6H2,1-2H3. The summed E-state index contributed by atoms with van der Waals surface area (Å²) in [5.74, 6) is -2.05. The number of rotatable bonds is 1. The van der Waals surface area contributed by atoms with Crippen molar-refractivity contribution in [3.05, 3.63) is 29.6 Å². The summed E-state index contributed by atoms with van der Waals surface area (Å²) >= 11 is 1.78. The zero-order valence-electron chi connectivity index (χ0n) is 10.2. The first-order valence-corrected chi connectivity index (χ1v) is 6.80. The summed E-state index contributed by atoms with van der Waals surface area (Å²) in [4.78, 5) is 17.0. The van der Waals surface area contributed by atoms with Crippen LogP contribution in [0.1, 0.15) is 24.2 Å². The number of nitrogens with zero attached hydrogens (tertiary/aromatic N) is 2. The summed E-state index contributed by atoms with van der Waals surface area (Å²) in [5, 5.41) is 0.289. The zero-order valence-corrected chi connectivity index (χ0v) is 11.0. The Morgan fingerprint density at radius 3 is 2.94 bits per heavy atom. The quantitative estimate of drug-likeness (QED) is 0.736. The Labute approximate surface area is 109 Å². The van der Waals surface area contributed by atoms with Gasteiger partial charge in [0.05, 0.1) is 5.56 Å². The molecule has 0 radical (unpaired) electrons. The normalized spacial score (nSPS) is 24.1. The van der Waals surface area contributed by atoms with Crippen LogP contribution < -0.4 is 0 Å². The van der Waals surface area contributed by atoms with Crippen molar-refractivity contribution in [2.45, 2.75) is 25.1 Å². The lowest BCUT2D eigenvalue weighted by atomic mass is 10.1. The number of thioether (sulfide) groups is 1. The molecule has 1 aromatic heterocycles. The average molecular weight is 272 g/mol. The van der Waals surface area contributed by atoms with Crippen molar-refractivity contribution in [1.29, 1.82) is 0 Å². The van der Waals surface area contributed by atoms with Gasteiger partial charge in [0.1, 0.15) is 0 Å². The molecule has 0 bridgehead atoms. The van der Waals surface area contributed by atoms with E-state index >= 15 is 0 Å². The molecule has 1 aliphatic rings. The monoisotopic (exact) mass is 272 g/mol. The maximum atomic E-state index is 13.5. The molecule has 1 fully saturated rings. The Kier molecular flexibility index (Phi) is 3.85. The van der Waals surface area contributed by atoms with Gasteiger partial charge in [0, 0.05) is 29.8 Å². The predicted octanol–water partition coefficient (Wildman–Crippen LogP) is 2.33. The Bertz CT molecular complexity index is 469. The van der Waals surface area contributed by atoms with Crippen LogP contribution in [0.2, 0.25) is 0 Å². The number of halogens is 2. The van der Waals surface area contributed by atoms with Crippen molar-refractivity contribution < 1.29 is 13.6 Å². The second-order valence-electron chi connectivity index (χ2n) is 4.28. The van der Waals surface area contributed by atoms with E-state index in [0.717, 1.165) is 11.9 Å². The van der Waals surface area contributed by atoms with E-state index in [4.69, 9.17) is 0 Å². The smallest absolute Gasteiger partial charge is 0.257 e. The lowest BCUT2D eigenvalue weighted by Gasteiger charge is -2.37. The SMILES string of the molecule is CC1SCCN(C(=O)c2ccnc(F)c2F)C1C. The summed E-state index contributed by atoms with van der Waals surface area (Å²) in [6, 6.07) is 1.23. The Hall–Kier alpha value is -1.17. The molecule has 2 unspecified atom stereocenters. The first-order valence-electron chi connectivity index (χ1n) is 5.75. The fraction of sp³-hybridized carbons (Fsp3) is 0.500. The molecule has 0 saturated carbocycles. The molecular weight excluding hydrogens is 258 g/mol. The molecule has 1 saturated heterocycles. The zero-order chi connectivity index (χ0) is 13.3. The molecule has 0 aliphatic carbocycles. The second-order valence-corrected chi connectivity index (χ2v) is 5.76. The number of hydrogen-bond donors (Lipinski definition) is 0. The summed E-state index contributed by atoms with van der Waals surface area (Å²) in [6.45, 7) is 4.50. The van der Waals surface area contributed by atoms with Crippen LogP contribution in [-0.2, 0) is 0 Å². The minimum atomic E-state index is -1.23. The lowest BCUT2D eigenvalue weighted by Crippen LogP contribution is -2.48. The number of carbonyl (C=O) groups is 1. The molecule has 2 atom stereocenters. The highest BCUT2D eigenvalue weighted by atomic mass is 32.2. The van der Waals surface area contributed by atoms with Gasteiger partial charge in [-0.15, -0.1) is 0 Å². The summed E-state index contributed by atoms with van der Waals surface area (Å²) < 4.78 is 26.6. The van der Waals surface area contributed by atoms with Crippen LogP contribution in [0, 0.1) is 11.8 Å². The summed E-state index contributed by atoms with van der Waals surface area (Å²) in [6.07, 6.45) is 1.11. The van der Waals surface area contributed by atoms with Gasteiger partial charge in [-0.05, 0) is 13.0 Å². The molecule has 2 rings (SSSR count). The van der Waals surface area contributed by atoms with Crippen LogP contribution in [0.5, 0.6) is 0 Å². The topological polar surface area (TPSA) is 33.2 Å². The van der Waals surface area contributed by atoms with Crippen LogP contribution in [-0.4, -0.2) is 39.4 Å². The van der Waals surface area contributed by atoms with Crippen LogP contribution in [0.15, 0.2) is 12.3 Å². The van der Waals surface area contributed by atoms with Gasteiger partial charge in [-0.1, -0.05) is 6.92 Å². The molecule has 6 heteroatoms. The molecule has 2 heterocycles. The van der Waals surface area contributed by atoms with Crippen molar-refractivity contribution in [2.24, 2.45) is 0 Å². The maximum absolute atomic E-state index is 13.5. The maximum Gasteiger partial charge on any atom is 0.257 e. The first kappa shape index (κ1) is 13.3. The molecule has 1 aromatic rings. The fourth-order valence-electron chi connectivity index (χ4n) is 1.96.